The van der Waals surface area contributed by atoms with Crippen LogP contribution in [0.25, 0.3) is 0 Å². The Balaban J connectivity index is 1.25. The minimum absolute atomic E-state index is 0.390. The lowest BCUT2D eigenvalue weighted by atomic mass is 9.53. The molecule has 0 saturated heterocycles. The maximum absolute atomic E-state index is 6.12. The van der Waals surface area contributed by atoms with E-state index in [9.17, 15) is 0 Å². The third-order valence-electron chi connectivity index (χ3n) is 7.49. The van der Waals surface area contributed by atoms with E-state index < -0.39 is 0 Å². The van der Waals surface area contributed by atoms with Gasteiger partial charge >= 0.3 is 0 Å². The van der Waals surface area contributed by atoms with E-state index in [4.69, 9.17) is 9.47 Å². The van der Waals surface area contributed by atoms with Crippen molar-refractivity contribution < 1.29 is 9.47 Å². The third-order valence-corrected chi connectivity index (χ3v) is 7.49. The molecule has 6 rings (SSSR count). The molecule has 0 unspecified atom stereocenters. The molecule has 0 aliphatic heterocycles. The zero-order chi connectivity index (χ0) is 20.6. The zero-order valence-electron chi connectivity index (χ0n) is 18.5. The van der Waals surface area contributed by atoms with Crippen LogP contribution in [0.2, 0.25) is 0 Å². The van der Waals surface area contributed by atoms with Gasteiger partial charge in [-0.15, -0.1) is 0 Å². The summed E-state index contributed by atoms with van der Waals surface area (Å²) in [6, 6.07) is 14.9. The Hall–Kier alpha value is -2.00. The second-order valence-corrected chi connectivity index (χ2v) is 10.0. The maximum Gasteiger partial charge on any atom is 0.161 e. The first-order valence-corrected chi connectivity index (χ1v) is 11.8. The zero-order valence-corrected chi connectivity index (χ0v) is 18.5. The fourth-order valence-electron chi connectivity index (χ4n) is 6.63. The third kappa shape index (κ3) is 4.23. The lowest BCUT2D eigenvalue weighted by Gasteiger charge is -2.57. The van der Waals surface area contributed by atoms with E-state index in [1.165, 1.54) is 55.2 Å². The lowest BCUT2D eigenvalue weighted by Crippen LogP contribution is -2.58. The van der Waals surface area contributed by atoms with Gasteiger partial charge in [-0.2, -0.15) is 0 Å². The van der Waals surface area contributed by atoms with Crippen molar-refractivity contribution in [2.75, 3.05) is 6.61 Å². The molecule has 0 atom stereocenters. The molecule has 160 valence electrons. The summed E-state index contributed by atoms with van der Waals surface area (Å²) in [5.41, 5.74) is 4.12. The standard InChI is InChI=1S/C27H35NO2/c1-3-29-26-13-20(7-8-25(26)30-18-21-6-4-5-19(2)9-21)17-28-27-14-22-10-23(15-27)12-24(11-22)16-27/h4-9,13,22-24,28H,3,10-12,14-18H2,1-2H3. The molecule has 1 N–H and O–H groups in total. The van der Waals surface area contributed by atoms with Gasteiger partial charge in [0.15, 0.2) is 11.5 Å². The van der Waals surface area contributed by atoms with E-state index in [1.807, 2.05) is 6.92 Å². The highest BCUT2D eigenvalue weighted by Crippen LogP contribution is 2.55. The molecule has 0 aromatic heterocycles. The van der Waals surface area contributed by atoms with Gasteiger partial charge in [0, 0.05) is 12.1 Å². The van der Waals surface area contributed by atoms with Crippen molar-refractivity contribution in [1.29, 1.82) is 0 Å². The number of hydrogen-bond donors (Lipinski definition) is 1. The van der Waals surface area contributed by atoms with Gasteiger partial charge in [-0.25, -0.2) is 0 Å². The molecular formula is C27H35NO2. The summed E-state index contributed by atoms with van der Waals surface area (Å²) in [4.78, 5) is 0. The molecule has 3 nitrogen and oxygen atoms in total. The molecule has 0 spiro atoms. The molecule has 30 heavy (non-hydrogen) atoms. The summed E-state index contributed by atoms with van der Waals surface area (Å²) in [5, 5.41) is 4.00. The van der Waals surface area contributed by atoms with Crippen LogP contribution in [0.4, 0.5) is 0 Å². The SMILES string of the molecule is CCOc1cc(CNC23CC4CC(CC(C4)C2)C3)ccc1OCc1cccc(C)c1. The van der Waals surface area contributed by atoms with Crippen LogP contribution in [-0.4, -0.2) is 12.1 Å². The maximum atomic E-state index is 6.12. The highest BCUT2D eigenvalue weighted by atomic mass is 16.5. The summed E-state index contributed by atoms with van der Waals surface area (Å²) >= 11 is 0. The van der Waals surface area contributed by atoms with Crippen LogP contribution in [0.1, 0.15) is 62.1 Å². The topological polar surface area (TPSA) is 30.5 Å². The summed E-state index contributed by atoms with van der Waals surface area (Å²) in [6.07, 6.45) is 8.62. The van der Waals surface area contributed by atoms with Crippen LogP contribution in [0.5, 0.6) is 11.5 Å². The number of benzene rings is 2. The molecule has 0 amide bonds. The molecule has 4 bridgehead atoms. The first-order chi connectivity index (χ1) is 14.6. The predicted molar refractivity (Wildman–Crippen MR) is 121 cm³/mol. The Morgan fingerprint density at radius 3 is 2.27 bits per heavy atom. The molecule has 4 aliphatic rings. The highest BCUT2D eigenvalue weighted by Gasteiger charge is 2.50. The second kappa shape index (κ2) is 8.26. The molecule has 4 fully saturated rings. The summed E-state index contributed by atoms with van der Waals surface area (Å²) in [7, 11) is 0. The highest BCUT2D eigenvalue weighted by molar-refractivity contribution is 5.43. The van der Waals surface area contributed by atoms with Crippen LogP contribution in [0, 0.1) is 24.7 Å². The van der Waals surface area contributed by atoms with E-state index in [2.05, 4.69) is 54.7 Å². The predicted octanol–water partition coefficient (Wildman–Crippen LogP) is 6.03. The van der Waals surface area contributed by atoms with Crippen LogP contribution in [0.3, 0.4) is 0 Å². The van der Waals surface area contributed by atoms with Crippen molar-refractivity contribution >= 4 is 0 Å². The minimum Gasteiger partial charge on any atom is -0.490 e. The molecule has 4 saturated carbocycles. The van der Waals surface area contributed by atoms with Crippen molar-refractivity contribution in [1.82, 2.24) is 5.32 Å². The van der Waals surface area contributed by atoms with Crippen molar-refractivity contribution in [3.63, 3.8) is 0 Å². The monoisotopic (exact) mass is 405 g/mol. The lowest BCUT2D eigenvalue weighted by molar-refractivity contribution is -0.0206. The van der Waals surface area contributed by atoms with Crippen LogP contribution in [-0.2, 0) is 13.2 Å². The molecule has 3 heteroatoms. The van der Waals surface area contributed by atoms with E-state index in [0.717, 1.165) is 35.8 Å². The first-order valence-electron chi connectivity index (χ1n) is 11.8. The Bertz CT molecular complexity index is 855. The smallest absolute Gasteiger partial charge is 0.161 e. The van der Waals surface area contributed by atoms with E-state index in [0.29, 0.717) is 18.8 Å². The van der Waals surface area contributed by atoms with Gasteiger partial charge in [0.25, 0.3) is 0 Å². The number of rotatable bonds is 8. The van der Waals surface area contributed by atoms with Gasteiger partial charge in [-0.1, -0.05) is 35.9 Å². The summed E-state index contributed by atoms with van der Waals surface area (Å²) in [6.45, 7) is 6.27. The fourth-order valence-corrected chi connectivity index (χ4v) is 6.63. The van der Waals surface area contributed by atoms with Crippen molar-refractivity contribution in [2.24, 2.45) is 17.8 Å². The summed E-state index contributed by atoms with van der Waals surface area (Å²) in [5.74, 6) is 4.60. The van der Waals surface area contributed by atoms with Gasteiger partial charge < -0.3 is 14.8 Å². The van der Waals surface area contributed by atoms with Crippen LogP contribution in [0.15, 0.2) is 42.5 Å². The fraction of sp³-hybridized carbons (Fsp3) is 0.556. The average molecular weight is 406 g/mol. The van der Waals surface area contributed by atoms with Crippen molar-refractivity contribution in [2.45, 2.75) is 71.1 Å². The summed E-state index contributed by atoms with van der Waals surface area (Å²) < 4.78 is 12.1. The Morgan fingerprint density at radius 2 is 1.60 bits per heavy atom. The van der Waals surface area contributed by atoms with Crippen LogP contribution >= 0.6 is 0 Å². The Morgan fingerprint density at radius 1 is 0.867 bits per heavy atom. The van der Waals surface area contributed by atoms with Gasteiger partial charge in [0.1, 0.15) is 6.61 Å². The molecule has 2 aromatic carbocycles. The van der Waals surface area contributed by atoms with E-state index in [-0.39, 0.29) is 0 Å². The molecule has 0 heterocycles. The van der Waals surface area contributed by atoms with Crippen molar-refractivity contribution in [3.05, 3.63) is 59.2 Å². The normalized spacial score (nSPS) is 29.2. The number of nitrogens with one attached hydrogen (secondary N) is 1. The second-order valence-electron chi connectivity index (χ2n) is 10.0. The largest absolute Gasteiger partial charge is 0.490 e. The average Bonchev–Trinajstić information content (AvgIpc) is 2.71. The minimum atomic E-state index is 0.390. The number of hydrogen-bond acceptors (Lipinski definition) is 3. The van der Waals surface area contributed by atoms with Gasteiger partial charge in [0.2, 0.25) is 0 Å². The number of ether oxygens (including phenoxy) is 2. The molecular weight excluding hydrogens is 370 g/mol. The van der Waals surface area contributed by atoms with Gasteiger partial charge in [0.05, 0.1) is 6.61 Å². The van der Waals surface area contributed by atoms with E-state index in [1.54, 1.807) is 0 Å². The van der Waals surface area contributed by atoms with Crippen molar-refractivity contribution in [3.8, 4) is 11.5 Å². The molecule has 4 aliphatic carbocycles. The van der Waals surface area contributed by atoms with Gasteiger partial charge in [-0.3, -0.25) is 0 Å². The molecule has 0 radical (unpaired) electrons. The van der Waals surface area contributed by atoms with E-state index >= 15 is 0 Å². The number of aryl methyl sites for hydroxylation is 1. The molecule has 2 aromatic rings. The Kier molecular flexibility index (Phi) is 5.49. The van der Waals surface area contributed by atoms with Crippen LogP contribution < -0.4 is 14.8 Å². The van der Waals surface area contributed by atoms with Gasteiger partial charge in [-0.05, 0) is 93.4 Å². The quantitative estimate of drug-likeness (QED) is 0.581. The first kappa shape index (κ1) is 19.9. The Labute approximate surface area is 181 Å².